The second-order valence-corrected chi connectivity index (χ2v) is 11.0. The molecule has 0 N–H and O–H groups in total. The quantitative estimate of drug-likeness (QED) is 0.503. The number of rotatable bonds is 5. The Bertz CT molecular complexity index is 569. The van der Waals surface area contributed by atoms with Crippen LogP contribution in [-0.2, 0) is 0 Å². The van der Waals surface area contributed by atoms with Gasteiger partial charge in [-0.25, -0.2) is 0 Å². The van der Waals surface area contributed by atoms with Gasteiger partial charge in [0.05, 0.1) is 0 Å². The van der Waals surface area contributed by atoms with Crippen LogP contribution in [0.5, 0.6) is 0 Å². The van der Waals surface area contributed by atoms with Gasteiger partial charge in [-0.1, -0.05) is 72.1 Å². The van der Waals surface area contributed by atoms with E-state index < -0.39 is 0 Å². The molecule has 2 aliphatic carbocycles. The first kappa shape index (κ1) is 21.7. The monoisotopic (exact) mass is 383 g/mol. The Labute approximate surface area is 175 Å². The Hall–Kier alpha value is -0.980. The first-order valence-corrected chi connectivity index (χ1v) is 12.1. The summed E-state index contributed by atoms with van der Waals surface area (Å²) in [5.41, 5.74) is 2.86. The summed E-state index contributed by atoms with van der Waals surface area (Å²) >= 11 is 0. The average Bonchev–Trinajstić information content (AvgIpc) is 2.63. The summed E-state index contributed by atoms with van der Waals surface area (Å²) < 4.78 is 0. The van der Waals surface area contributed by atoms with Crippen LogP contribution in [0.4, 0.5) is 5.69 Å². The third kappa shape index (κ3) is 4.77. The molecule has 1 nitrogen and oxygen atoms in total. The molecule has 0 bridgehead atoms. The maximum absolute atomic E-state index is 2.96. The van der Waals surface area contributed by atoms with E-state index in [-0.39, 0.29) is 0 Å². The molecule has 3 rings (SSSR count). The molecule has 0 saturated heterocycles. The minimum absolute atomic E-state index is 0.697. The number of hydrogen-bond donors (Lipinski definition) is 0. The fourth-order valence-corrected chi connectivity index (χ4v) is 6.29. The molecule has 1 aromatic carbocycles. The van der Waals surface area contributed by atoms with E-state index in [4.69, 9.17) is 0 Å². The molecule has 0 aromatic heterocycles. The van der Waals surface area contributed by atoms with E-state index in [1.807, 2.05) is 0 Å². The summed E-state index contributed by atoms with van der Waals surface area (Å²) in [7, 11) is 0. The Morgan fingerprint density at radius 3 is 1.54 bits per heavy atom. The van der Waals surface area contributed by atoms with Gasteiger partial charge in [0.15, 0.2) is 0 Å². The Balaban J connectivity index is 2.04. The highest BCUT2D eigenvalue weighted by Crippen LogP contribution is 2.44. The number of anilines is 1. The van der Waals surface area contributed by atoms with Crippen LogP contribution < -0.4 is 4.90 Å². The van der Waals surface area contributed by atoms with Gasteiger partial charge in [0.25, 0.3) is 0 Å². The molecule has 158 valence electrons. The zero-order chi connectivity index (χ0) is 20.4. The molecule has 6 unspecified atom stereocenters. The minimum Gasteiger partial charge on any atom is -0.365 e. The topological polar surface area (TPSA) is 3.24 Å². The van der Waals surface area contributed by atoms with Crippen LogP contribution >= 0.6 is 0 Å². The zero-order valence-electron chi connectivity index (χ0n) is 19.6. The SMILES string of the molecule is Cc1ccc(N(C2CC(C)CCC2C(C)C)C2CC(C)CCC2C(C)C)cc1. The lowest BCUT2D eigenvalue weighted by Crippen LogP contribution is -2.55. The second kappa shape index (κ2) is 9.23. The largest absolute Gasteiger partial charge is 0.365 e. The van der Waals surface area contributed by atoms with Crippen LogP contribution in [0, 0.1) is 42.4 Å². The van der Waals surface area contributed by atoms with E-state index in [1.165, 1.54) is 49.8 Å². The molecular formula is C27H45N. The maximum Gasteiger partial charge on any atom is 0.0371 e. The summed E-state index contributed by atoms with van der Waals surface area (Å²) in [5, 5.41) is 0. The molecule has 6 atom stereocenters. The van der Waals surface area contributed by atoms with Crippen molar-refractivity contribution in [1.29, 1.82) is 0 Å². The molecule has 0 spiro atoms. The van der Waals surface area contributed by atoms with Gasteiger partial charge in [0, 0.05) is 17.8 Å². The average molecular weight is 384 g/mol. The van der Waals surface area contributed by atoms with E-state index in [0.29, 0.717) is 12.1 Å². The number of aryl methyl sites for hydroxylation is 1. The molecule has 1 aromatic rings. The van der Waals surface area contributed by atoms with Crippen molar-refractivity contribution in [2.75, 3.05) is 4.90 Å². The highest BCUT2D eigenvalue weighted by atomic mass is 15.2. The predicted molar refractivity (Wildman–Crippen MR) is 124 cm³/mol. The van der Waals surface area contributed by atoms with Crippen LogP contribution in [0.2, 0.25) is 0 Å². The summed E-state index contributed by atoms with van der Waals surface area (Å²) in [5.74, 6) is 4.89. The summed E-state index contributed by atoms with van der Waals surface area (Å²) in [4.78, 5) is 2.96. The fraction of sp³-hybridized carbons (Fsp3) is 0.778. The zero-order valence-corrected chi connectivity index (χ0v) is 19.6. The van der Waals surface area contributed by atoms with E-state index in [0.717, 1.165) is 35.5 Å². The highest BCUT2D eigenvalue weighted by molar-refractivity contribution is 5.50. The highest BCUT2D eigenvalue weighted by Gasteiger charge is 2.42. The molecule has 0 radical (unpaired) electrons. The normalized spacial score (nSPS) is 34.0. The lowest BCUT2D eigenvalue weighted by molar-refractivity contribution is 0.136. The van der Waals surface area contributed by atoms with Gasteiger partial charge < -0.3 is 4.90 Å². The van der Waals surface area contributed by atoms with E-state index in [1.54, 1.807) is 0 Å². The molecule has 1 heteroatoms. The first-order chi connectivity index (χ1) is 13.3. The summed E-state index contributed by atoms with van der Waals surface area (Å²) in [6.07, 6.45) is 8.37. The van der Waals surface area contributed by atoms with Crippen LogP contribution in [0.15, 0.2) is 24.3 Å². The third-order valence-electron chi connectivity index (χ3n) is 8.02. The molecule has 0 amide bonds. The Morgan fingerprint density at radius 1 is 0.714 bits per heavy atom. The molecule has 0 aliphatic heterocycles. The van der Waals surface area contributed by atoms with E-state index in [9.17, 15) is 0 Å². The molecule has 28 heavy (non-hydrogen) atoms. The van der Waals surface area contributed by atoms with Crippen LogP contribution in [0.25, 0.3) is 0 Å². The van der Waals surface area contributed by atoms with Crippen molar-refractivity contribution >= 4 is 5.69 Å². The van der Waals surface area contributed by atoms with Crippen LogP contribution in [0.3, 0.4) is 0 Å². The van der Waals surface area contributed by atoms with Crippen molar-refractivity contribution in [1.82, 2.24) is 0 Å². The Kier molecular flexibility index (Phi) is 7.16. The van der Waals surface area contributed by atoms with Gasteiger partial charge in [0.2, 0.25) is 0 Å². The second-order valence-electron chi connectivity index (χ2n) is 11.0. The summed E-state index contributed by atoms with van der Waals surface area (Å²) in [6, 6.07) is 10.9. The van der Waals surface area contributed by atoms with Crippen molar-refractivity contribution in [2.24, 2.45) is 35.5 Å². The van der Waals surface area contributed by atoms with Gasteiger partial charge in [-0.3, -0.25) is 0 Å². The third-order valence-corrected chi connectivity index (χ3v) is 8.02. The molecule has 2 saturated carbocycles. The van der Waals surface area contributed by atoms with Gasteiger partial charge in [0.1, 0.15) is 0 Å². The first-order valence-electron chi connectivity index (χ1n) is 12.1. The predicted octanol–water partition coefficient (Wildman–Crippen LogP) is 7.72. The standard InChI is InChI=1S/C27H45N/c1-18(2)24-14-10-21(6)16-26(24)28(23-12-8-20(5)9-13-23)27-17-22(7)11-15-25(27)19(3)4/h8-9,12-13,18-19,21-22,24-27H,10-11,14-17H2,1-7H3. The van der Waals surface area contributed by atoms with Gasteiger partial charge in [-0.05, 0) is 80.2 Å². The van der Waals surface area contributed by atoms with Crippen molar-refractivity contribution in [3.8, 4) is 0 Å². The molecule has 2 aliphatic rings. The van der Waals surface area contributed by atoms with Crippen LogP contribution in [0.1, 0.15) is 85.6 Å². The minimum atomic E-state index is 0.697. The Morgan fingerprint density at radius 2 is 1.14 bits per heavy atom. The smallest absolute Gasteiger partial charge is 0.0371 e. The van der Waals surface area contributed by atoms with Crippen molar-refractivity contribution in [3.05, 3.63) is 29.8 Å². The van der Waals surface area contributed by atoms with Crippen molar-refractivity contribution in [3.63, 3.8) is 0 Å². The number of hydrogen-bond acceptors (Lipinski definition) is 1. The fourth-order valence-electron chi connectivity index (χ4n) is 6.29. The van der Waals surface area contributed by atoms with Gasteiger partial charge in [-0.2, -0.15) is 0 Å². The van der Waals surface area contributed by atoms with E-state index in [2.05, 4.69) is 77.6 Å². The van der Waals surface area contributed by atoms with Crippen molar-refractivity contribution in [2.45, 2.75) is 99.1 Å². The van der Waals surface area contributed by atoms with Crippen LogP contribution in [-0.4, -0.2) is 12.1 Å². The van der Waals surface area contributed by atoms with Crippen molar-refractivity contribution < 1.29 is 0 Å². The lowest BCUT2D eigenvalue weighted by atomic mass is 9.69. The maximum atomic E-state index is 2.96. The lowest BCUT2D eigenvalue weighted by Gasteiger charge is -2.53. The van der Waals surface area contributed by atoms with Gasteiger partial charge in [-0.15, -0.1) is 0 Å². The number of benzene rings is 1. The molecule has 2 fully saturated rings. The summed E-state index contributed by atoms with van der Waals surface area (Å²) in [6.45, 7) is 17.0. The van der Waals surface area contributed by atoms with Gasteiger partial charge >= 0.3 is 0 Å². The number of nitrogens with zero attached hydrogens (tertiary/aromatic N) is 1. The van der Waals surface area contributed by atoms with E-state index >= 15 is 0 Å². The molecular weight excluding hydrogens is 338 g/mol. The molecule has 0 heterocycles.